The lowest BCUT2D eigenvalue weighted by Crippen LogP contribution is -2.39. The summed E-state index contributed by atoms with van der Waals surface area (Å²) in [4.78, 5) is 68.7. The van der Waals surface area contributed by atoms with Gasteiger partial charge in [-0.3, -0.25) is 19.2 Å². The number of ether oxygens (including phenoxy) is 10. The lowest BCUT2D eigenvalue weighted by atomic mass is 10.0. The number of urea groups is 1. The Morgan fingerprint density at radius 3 is 1.57 bits per heavy atom. The highest BCUT2D eigenvalue weighted by Crippen LogP contribution is 2.32. The number of carboxylic acids is 1. The van der Waals surface area contributed by atoms with Crippen molar-refractivity contribution in [2.75, 3.05) is 166 Å². The van der Waals surface area contributed by atoms with Crippen LogP contribution in [0.4, 0.5) is 10.5 Å². The average Bonchev–Trinajstić information content (AvgIpc) is 3.54. The third-order valence-corrected chi connectivity index (χ3v) is 9.72. The molecule has 0 atom stereocenters. The Kier molecular flexibility index (Phi) is 33.3. The number of amidine groups is 1. The van der Waals surface area contributed by atoms with E-state index < -0.39 is 5.97 Å². The predicted molar refractivity (Wildman–Crippen MR) is 263 cm³/mol. The van der Waals surface area contributed by atoms with Crippen LogP contribution in [-0.2, 0) is 73.1 Å². The number of aliphatic imine (C=N–C) groups is 1. The molecule has 3 rings (SSSR count). The molecule has 0 bridgehead atoms. The average molecular weight is 1020 g/mol. The summed E-state index contributed by atoms with van der Waals surface area (Å²) in [5, 5.41) is 15.3. The zero-order valence-electron chi connectivity index (χ0n) is 42.1. The third kappa shape index (κ3) is 28.7. The van der Waals surface area contributed by atoms with Gasteiger partial charge >= 0.3 is 12.0 Å². The van der Waals surface area contributed by atoms with E-state index in [4.69, 9.17) is 63.0 Å². The standard InChI is InChI=1S/C48H76N8O16/c1-4-10-56(72-13-9-50-48(61)55(2)3)47(60)40-32-39-6-5-38(33-42(39)54-43(49)34-40)41-35-51-44(52-36-41)37-53-45(57)7-11-62-14-16-64-18-20-66-22-24-68-26-28-70-30-31-71-29-27-69-25-23-67-21-19-65-17-15-63-12-8-46(58)59/h5-6,32-33,35-36H,4,7-31,34,37H2,1-3H3,(H2,49,54)(H,50,61)(H,53,57)(H,58,59). The molecule has 0 spiro atoms. The fraction of sp³-hybridized carbons (Fsp3) is 0.646. The number of nitrogens with zero attached hydrogens (tertiary/aromatic N) is 5. The van der Waals surface area contributed by atoms with Crippen molar-refractivity contribution in [3.63, 3.8) is 0 Å². The van der Waals surface area contributed by atoms with Gasteiger partial charge in [0.1, 0.15) is 11.7 Å². The highest BCUT2D eigenvalue weighted by molar-refractivity contribution is 6.05. The van der Waals surface area contributed by atoms with Gasteiger partial charge in [-0.2, -0.15) is 0 Å². The number of carboxylic acid groups (broad SMARTS) is 1. The van der Waals surface area contributed by atoms with Crippen molar-refractivity contribution >= 4 is 41.4 Å². The fourth-order valence-corrected chi connectivity index (χ4v) is 6.03. The second-order valence-electron chi connectivity index (χ2n) is 15.8. The molecular formula is C48H76N8O16. The van der Waals surface area contributed by atoms with Crippen molar-refractivity contribution in [3.05, 3.63) is 47.6 Å². The summed E-state index contributed by atoms with van der Waals surface area (Å²) >= 11 is 0. The summed E-state index contributed by atoms with van der Waals surface area (Å²) in [6, 6.07) is 5.35. The summed E-state index contributed by atoms with van der Waals surface area (Å²) in [6.45, 7) is 10.9. The minimum atomic E-state index is -0.886. The molecule has 1 aromatic heterocycles. The Labute approximate surface area is 422 Å². The Bertz CT molecular complexity index is 1890. The van der Waals surface area contributed by atoms with Crippen molar-refractivity contribution < 1.29 is 76.5 Å². The van der Waals surface area contributed by atoms with E-state index in [-0.39, 0.29) is 75.9 Å². The number of nitrogens with one attached hydrogen (secondary N) is 2. The zero-order valence-corrected chi connectivity index (χ0v) is 42.1. The van der Waals surface area contributed by atoms with E-state index in [0.29, 0.717) is 155 Å². The lowest BCUT2D eigenvalue weighted by Gasteiger charge is -2.23. The largest absolute Gasteiger partial charge is 0.481 e. The van der Waals surface area contributed by atoms with Crippen LogP contribution >= 0.6 is 0 Å². The molecule has 2 aromatic rings. The molecule has 72 heavy (non-hydrogen) atoms. The maximum absolute atomic E-state index is 13.5. The molecule has 0 fully saturated rings. The molecule has 1 aliphatic heterocycles. The molecule has 0 unspecified atom stereocenters. The number of hydrogen-bond acceptors (Lipinski definition) is 19. The van der Waals surface area contributed by atoms with E-state index in [1.807, 2.05) is 25.1 Å². The lowest BCUT2D eigenvalue weighted by molar-refractivity contribution is -0.181. The molecule has 5 N–H and O–H groups in total. The fourth-order valence-electron chi connectivity index (χ4n) is 6.03. The normalized spacial score (nSPS) is 12.2. The third-order valence-electron chi connectivity index (χ3n) is 9.72. The number of hydroxylamine groups is 2. The van der Waals surface area contributed by atoms with Gasteiger partial charge in [0, 0.05) is 69.1 Å². The van der Waals surface area contributed by atoms with Crippen LogP contribution in [0.5, 0.6) is 0 Å². The number of amides is 4. The van der Waals surface area contributed by atoms with Crippen molar-refractivity contribution in [1.82, 2.24) is 30.6 Å². The highest BCUT2D eigenvalue weighted by Gasteiger charge is 2.23. The molecule has 1 aliphatic rings. The summed E-state index contributed by atoms with van der Waals surface area (Å²) in [6.07, 6.45) is 6.07. The van der Waals surface area contributed by atoms with E-state index in [0.717, 1.165) is 11.1 Å². The Morgan fingerprint density at radius 1 is 0.639 bits per heavy atom. The number of carbonyl (C=O) groups is 4. The van der Waals surface area contributed by atoms with Crippen LogP contribution in [0, 0.1) is 0 Å². The van der Waals surface area contributed by atoms with Crippen LogP contribution < -0.4 is 16.4 Å². The Morgan fingerprint density at radius 2 is 1.11 bits per heavy atom. The number of hydrogen-bond donors (Lipinski definition) is 4. The first kappa shape index (κ1) is 61.1. The second-order valence-corrected chi connectivity index (χ2v) is 15.8. The quantitative estimate of drug-likeness (QED) is 0.0546. The van der Waals surface area contributed by atoms with Gasteiger partial charge in [-0.05, 0) is 24.1 Å². The molecule has 0 radical (unpaired) electrons. The van der Waals surface area contributed by atoms with E-state index in [1.54, 1.807) is 32.6 Å². The number of aliphatic carboxylic acids is 1. The minimum absolute atomic E-state index is 0.0165. The first-order chi connectivity index (χ1) is 35.1. The van der Waals surface area contributed by atoms with Gasteiger partial charge in [0.25, 0.3) is 5.91 Å². The maximum Gasteiger partial charge on any atom is 0.316 e. The van der Waals surface area contributed by atoms with Crippen LogP contribution in [0.15, 0.2) is 41.2 Å². The number of benzene rings is 1. The van der Waals surface area contributed by atoms with Crippen LogP contribution in [-0.4, -0.2) is 221 Å². The van der Waals surface area contributed by atoms with Gasteiger partial charge in [-0.1, -0.05) is 19.1 Å². The van der Waals surface area contributed by atoms with Gasteiger partial charge in [-0.25, -0.2) is 24.8 Å². The smallest absolute Gasteiger partial charge is 0.316 e. The van der Waals surface area contributed by atoms with Gasteiger partial charge in [0.2, 0.25) is 5.91 Å². The molecular weight excluding hydrogens is 945 g/mol. The molecule has 24 nitrogen and oxygen atoms in total. The predicted octanol–water partition coefficient (Wildman–Crippen LogP) is 2.01. The van der Waals surface area contributed by atoms with Crippen LogP contribution in [0.3, 0.4) is 0 Å². The van der Waals surface area contributed by atoms with Crippen molar-refractivity contribution in [2.24, 2.45) is 10.7 Å². The monoisotopic (exact) mass is 1020 g/mol. The number of fused-ring (bicyclic) bond motifs is 1. The van der Waals surface area contributed by atoms with Gasteiger partial charge < -0.3 is 73.7 Å². The summed E-state index contributed by atoms with van der Waals surface area (Å²) in [5.74, 6) is -0.685. The van der Waals surface area contributed by atoms with Gasteiger partial charge in [0.05, 0.1) is 157 Å². The highest BCUT2D eigenvalue weighted by atomic mass is 16.7. The summed E-state index contributed by atoms with van der Waals surface area (Å²) in [7, 11) is 3.28. The van der Waals surface area contributed by atoms with Crippen LogP contribution in [0.25, 0.3) is 17.2 Å². The van der Waals surface area contributed by atoms with E-state index in [9.17, 15) is 19.2 Å². The SMILES string of the molecule is CCCN(OCCNC(=O)N(C)C)C(=O)C1=Cc2ccc(-c3cnc(CNC(=O)CCOCCOCCOCCOCCOCCOCCOCCOCCOCCOCCC(=O)O)nc3)cc2N=C(N)C1. The zero-order chi connectivity index (χ0) is 51.9. The minimum Gasteiger partial charge on any atom is -0.481 e. The molecule has 2 heterocycles. The summed E-state index contributed by atoms with van der Waals surface area (Å²) in [5.41, 5.74) is 9.55. The first-order valence-corrected chi connectivity index (χ1v) is 24.2. The van der Waals surface area contributed by atoms with Crippen LogP contribution in [0.1, 0.15) is 44.0 Å². The molecule has 0 saturated carbocycles. The number of rotatable bonds is 43. The maximum atomic E-state index is 13.5. The van der Waals surface area contributed by atoms with Crippen molar-refractivity contribution in [2.45, 2.75) is 39.2 Å². The van der Waals surface area contributed by atoms with Crippen molar-refractivity contribution in [1.29, 1.82) is 0 Å². The molecule has 1 aromatic carbocycles. The number of aromatic nitrogens is 2. The van der Waals surface area contributed by atoms with E-state index in [1.165, 1.54) is 9.96 Å². The molecule has 0 aliphatic carbocycles. The van der Waals surface area contributed by atoms with Gasteiger partial charge in [-0.15, -0.1) is 0 Å². The van der Waals surface area contributed by atoms with E-state index in [2.05, 4.69) is 25.6 Å². The number of carbonyl (C=O) groups excluding carboxylic acids is 3. The Hall–Kier alpha value is -5.25. The molecule has 4 amide bonds. The Balaban J connectivity index is 1.13. The first-order valence-electron chi connectivity index (χ1n) is 24.2. The van der Waals surface area contributed by atoms with Gasteiger partial charge in [0.15, 0.2) is 0 Å². The molecule has 24 heteroatoms. The second kappa shape index (κ2) is 39.3. The van der Waals surface area contributed by atoms with E-state index >= 15 is 0 Å². The molecule has 0 saturated heterocycles. The van der Waals surface area contributed by atoms with Crippen LogP contribution in [0.2, 0.25) is 0 Å². The molecule has 404 valence electrons. The number of nitrogens with two attached hydrogens (primary N) is 1. The topological polar surface area (TPSA) is 285 Å². The summed E-state index contributed by atoms with van der Waals surface area (Å²) < 4.78 is 54.3. The van der Waals surface area contributed by atoms with Crippen molar-refractivity contribution in [3.8, 4) is 11.1 Å².